The summed E-state index contributed by atoms with van der Waals surface area (Å²) in [5.41, 5.74) is 5.65. The number of primary amides is 1. The minimum atomic E-state index is -1.05. The summed E-state index contributed by atoms with van der Waals surface area (Å²) in [6.07, 6.45) is 0.313. The van der Waals surface area contributed by atoms with Crippen LogP contribution in [0.1, 0.15) is 22.8 Å². The maximum atomic E-state index is 12.0. The maximum absolute atomic E-state index is 12.0. The van der Waals surface area contributed by atoms with Crippen molar-refractivity contribution in [3.63, 3.8) is 0 Å². The van der Waals surface area contributed by atoms with Gasteiger partial charge in [-0.1, -0.05) is 29.8 Å². The smallest absolute Gasteiger partial charge is 0.340 e. The van der Waals surface area contributed by atoms with Gasteiger partial charge in [0.15, 0.2) is 6.10 Å². The van der Waals surface area contributed by atoms with Gasteiger partial charge in [-0.15, -0.1) is 0 Å². The Bertz CT molecular complexity index is 801. The van der Waals surface area contributed by atoms with Gasteiger partial charge in [-0.2, -0.15) is 0 Å². The van der Waals surface area contributed by atoms with Gasteiger partial charge in [-0.3, -0.25) is 9.59 Å². The molecule has 23 heavy (non-hydrogen) atoms. The van der Waals surface area contributed by atoms with Crippen LogP contribution in [-0.4, -0.2) is 22.5 Å². The number of ether oxygens (including phenoxy) is 1. The van der Waals surface area contributed by atoms with Crippen LogP contribution in [0.5, 0.6) is 0 Å². The van der Waals surface area contributed by atoms with Crippen molar-refractivity contribution in [2.75, 3.05) is 0 Å². The lowest BCUT2D eigenvalue weighted by molar-refractivity contribution is -0.125. The standard InChI is InChI=1S/C16H15ClN2O4/c1-10(15(18)21)23-16(22)12-6-7-14(20)19(9-12)8-11-4-2-3-5-13(11)17/h2-7,9-10H,8H2,1H3,(H2,18,21). The van der Waals surface area contributed by atoms with Crippen molar-refractivity contribution in [2.24, 2.45) is 5.73 Å². The third-order valence-electron chi connectivity index (χ3n) is 3.20. The van der Waals surface area contributed by atoms with E-state index in [9.17, 15) is 14.4 Å². The van der Waals surface area contributed by atoms with Gasteiger partial charge >= 0.3 is 5.97 Å². The fraction of sp³-hybridized carbons (Fsp3) is 0.188. The maximum Gasteiger partial charge on any atom is 0.340 e. The molecule has 1 aromatic carbocycles. The van der Waals surface area contributed by atoms with E-state index in [2.05, 4.69) is 0 Å². The number of carbonyl (C=O) groups is 2. The number of amides is 1. The molecular weight excluding hydrogens is 320 g/mol. The SMILES string of the molecule is CC(OC(=O)c1ccc(=O)n(Cc2ccccc2Cl)c1)C(N)=O. The van der Waals surface area contributed by atoms with Crippen molar-refractivity contribution < 1.29 is 14.3 Å². The second-order valence-electron chi connectivity index (χ2n) is 4.93. The van der Waals surface area contributed by atoms with Crippen molar-refractivity contribution in [3.8, 4) is 0 Å². The van der Waals surface area contributed by atoms with E-state index in [1.807, 2.05) is 0 Å². The summed E-state index contributed by atoms with van der Waals surface area (Å²) >= 11 is 6.07. The molecule has 120 valence electrons. The Balaban J connectivity index is 2.26. The summed E-state index contributed by atoms with van der Waals surface area (Å²) in [7, 11) is 0. The lowest BCUT2D eigenvalue weighted by atomic mass is 10.2. The number of pyridine rings is 1. The molecule has 2 aromatic rings. The summed E-state index contributed by atoms with van der Waals surface area (Å²) < 4.78 is 6.25. The molecule has 7 heteroatoms. The molecule has 0 saturated heterocycles. The Hall–Kier alpha value is -2.60. The van der Waals surface area contributed by atoms with Crippen LogP contribution in [0.3, 0.4) is 0 Å². The third-order valence-corrected chi connectivity index (χ3v) is 3.57. The first kappa shape index (κ1) is 16.8. The van der Waals surface area contributed by atoms with Gasteiger partial charge in [-0.25, -0.2) is 4.79 Å². The predicted octanol–water partition coefficient (Wildman–Crippen LogP) is 1.58. The van der Waals surface area contributed by atoms with Gasteiger partial charge in [0.1, 0.15) is 0 Å². The number of hydrogen-bond donors (Lipinski definition) is 1. The lowest BCUT2D eigenvalue weighted by Gasteiger charge is -2.11. The molecule has 0 aliphatic heterocycles. The fourth-order valence-electron chi connectivity index (χ4n) is 1.87. The van der Waals surface area contributed by atoms with E-state index in [1.165, 1.54) is 29.8 Å². The molecule has 0 saturated carbocycles. The van der Waals surface area contributed by atoms with Crippen molar-refractivity contribution >= 4 is 23.5 Å². The van der Waals surface area contributed by atoms with E-state index < -0.39 is 18.0 Å². The number of nitrogens with zero attached hydrogens (tertiary/aromatic N) is 1. The number of halogens is 1. The van der Waals surface area contributed by atoms with E-state index in [1.54, 1.807) is 24.3 Å². The van der Waals surface area contributed by atoms with Crippen molar-refractivity contribution in [3.05, 3.63) is 69.1 Å². The van der Waals surface area contributed by atoms with E-state index in [-0.39, 0.29) is 17.7 Å². The third kappa shape index (κ3) is 4.20. The number of hydrogen-bond acceptors (Lipinski definition) is 4. The highest BCUT2D eigenvalue weighted by Gasteiger charge is 2.17. The van der Waals surface area contributed by atoms with E-state index in [0.29, 0.717) is 5.02 Å². The second-order valence-corrected chi connectivity index (χ2v) is 5.33. The minimum Gasteiger partial charge on any atom is -0.449 e. The van der Waals surface area contributed by atoms with Gasteiger partial charge < -0.3 is 15.0 Å². The predicted molar refractivity (Wildman–Crippen MR) is 85.3 cm³/mol. The fourth-order valence-corrected chi connectivity index (χ4v) is 2.07. The molecule has 2 N–H and O–H groups in total. The molecule has 0 spiro atoms. The van der Waals surface area contributed by atoms with Gasteiger partial charge in [0, 0.05) is 17.3 Å². The Kier molecular flexibility index (Phi) is 5.18. The molecule has 2 rings (SSSR count). The summed E-state index contributed by atoms with van der Waals surface area (Å²) in [6.45, 7) is 1.59. The van der Waals surface area contributed by atoms with Crippen LogP contribution < -0.4 is 11.3 Å². The quantitative estimate of drug-likeness (QED) is 0.840. The molecule has 1 unspecified atom stereocenters. The largest absolute Gasteiger partial charge is 0.449 e. The first-order valence-electron chi connectivity index (χ1n) is 6.82. The first-order chi connectivity index (χ1) is 10.9. The first-order valence-corrected chi connectivity index (χ1v) is 7.20. The molecule has 0 aliphatic carbocycles. The van der Waals surface area contributed by atoms with E-state index in [4.69, 9.17) is 22.1 Å². The summed E-state index contributed by atoms with van der Waals surface area (Å²) in [4.78, 5) is 34.8. The van der Waals surface area contributed by atoms with Crippen LogP contribution in [0.25, 0.3) is 0 Å². The van der Waals surface area contributed by atoms with Crippen LogP contribution in [0.4, 0.5) is 0 Å². The van der Waals surface area contributed by atoms with Crippen LogP contribution in [-0.2, 0) is 16.1 Å². The lowest BCUT2D eigenvalue weighted by Crippen LogP contribution is -2.31. The van der Waals surface area contributed by atoms with Crippen LogP contribution in [0, 0.1) is 0 Å². The molecule has 0 bridgehead atoms. The summed E-state index contributed by atoms with van der Waals surface area (Å²) in [5, 5.41) is 0.523. The highest BCUT2D eigenvalue weighted by Crippen LogP contribution is 2.15. The molecule has 0 aliphatic rings. The van der Waals surface area contributed by atoms with E-state index in [0.717, 1.165) is 5.56 Å². The monoisotopic (exact) mass is 334 g/mol. The number of carbonyl (C=O) groups excluding carboxylic acids is 2. The second kappa shape index (κ2) is 7.11. The molecular formula is C16H15ClN2O4. The zero-order valence-electron chi connectivity index (χ0n) is 12.4. The number of aromatic nitrogens is 1. The van der Waals surface area contributed by atoms with Gasteiger partial charge in [-0.05, 0) is 24.6 Å². The minimum absolute atomic E-state index is 0.143. The number of nitrogens with two attached hydrogens (primary N) is 1. The highest BCUT2D eigenvalue weighted by molar-refractivity contribution is 6.31. The summed E-state index contributed by atoms with van der Waals surface area (Å²) in [5.74, 6) is -1.48. The number of esters is 1. The van der Waals surface area contributed by atoms with Gasteiger partial charge in [0.25, 0.3) is 11.5 Å². The van der Waals surface area contributed by atoms with Crippen LogP contribution in [0.15, 0.2) is 47.4 Å². The van der Waals surface area contributed by atoms with Crippen molar-refractivity contribution in [1.29, 1.82) is 0 Å². The summed E-state index contributed by atoms with van der Waals surface area (Å²) in [6, 6.07) is 9.68. The zero-order valence-corrected chi connectivity index (χ0v) is 13.1. The topological polar surface area (TPSA) is 91.4 Å². The molecule has 0 fully saturated rings. The Morgan fingerprint density at radius 1 is 1.26 bits per heavy atom. The molecule has 1 aromatic heterocycles. The molecule has 6 nitrogen and oxygen atoms in total. The highest BCUT2D eigenvalue weighted by atomic mass is 35.5. The Morgan fingerprint density at radius 3 is 2.61 bits per heavy atom. The van der Waals surface area contributed by atoms with Gasteiger partial charge in [0.05, 0.1) is 12.1 Å². The normalized spacial score (nSPS) is 11.7. The molecule has 1 amide bonds. The Morgan fingerprint density at radius 2 is 1.96 bits per heavy atom. The van der Waals surface area contributed by atoms with Gasteiger partial charge in [0.2, 0.25) is 0 Å². The molecule has 0 radical (unpaired) electrons. The number of benzene rings is 1. The molecule has 1 heterocycles. The molecule has 1 atom stereocenters. The number of rotatable bonds is 5. The van der Waals surface area contributed by atoms with E-state index >= 15 is 0 Å². The average molecular weight is 335 g/mol. The average Bonchev–Trinajstić information content (AvgIpc) is 2.51. The zero-order chi connectivity index (χ0) is 17.0. The Labute approximate surface area is 137 Å². The van der Waals surface area contributed by atoms with Crippen LogP contribution >= 0.6 is 11.6 Å². The van der Waals surface area contributed by atoms with Crippen molar-refractivity contribution in [1.82, 2.24) is 4.57 Å². The van der Waals surface area contributed by atoms with Crippen molar-refractivity contribution in [2.45, 2.75) is 19.6 Å². The van der Waals surface area contributed by atoms with Crippen LogP contribution in [0.2, 0.25) is 5.02 Å².